The summed E-state index contributed by atoms with van der Waals surface area (Å²) in [5, 5.41) is 2.85. The van der Waals surface area contributed by atoms with Crippen LogP contribution in [-0.4, -0.2) is 39.8 Å². The van der Waals surface area contributed by atoms with E-state index < -0.39 is 16.1 Å². The molecular formula is C20H24N2O4S. The van der Waals surface area contributed by atoms with Crippen molar-refractivity contribution in [3.05, 3.63) is 59.7 Å². The predicted molar refractivity (Wildman–Crippen MR) is 106 cm³/mol. The fourth-order valence-electron chi connectivity index (χ4n) is 3.03. The quantitative estimate of drug-likeness (QED) is 0.771. The number of aryl methyl sites for hydroxylation is 2. The van der Waals surface area contributed by atoms with Gasteiger partial charge in [-0.25, -0.2) is 8.42 Å². The van der Waals surface area contributed by atoms with E-state index in [0.717, 1.165) is 19.1 Å². The van der Waals surface area contributed by atoms with Crippen molar-refractivity contribution in [2.24, 2.45) is 0 Å². The topological polar surface area (TPSA) is 75.7 Å². The van der Waals surface area contributed by atoms with Crippen LogP contribution in [0.1, 0.15) is 17.5 Å². The molecule has 0 spiro atoms. The maximum absolute atomic E-state index is 12.5. The number of sulfonamides is 1. The van der Waals surface area contributed by atoms with Gasteiger partial charge >= 0.3 is 0 Å². The molecule has 1 atom stereocenters. The fourth-order valence-corrected chi connectivity index (χ4v) is 3.94. The first kappa shape index (κ1) is 19.2. The zero-order valence-corrected chi connectivity index (χ0v) is 16.3. The molecule has 0 aromatic heterocycles. The highest BCUT2D eigenvalue weighted by molar-refractivity contribution is 7.92. The Labute approximate surface area is 160 Å². The average molecular weight is 388 g/mol. The monoisotopic (exact) mass is 388 g/mol. The number of benzene rings is 2. The summed E-state index contributed by atoms with van der Waals surface area (Å²) in [5.41, 5.74) is 2.90. The van der Waals surface area contributed by atoms with Crippen LogP contribution in [0.15, 0.2) is 48.5 Å². The van der Waals surface area contributed by atoms with Gasteiger partial charge in [-0.3, -0.25) is 9.10 Å². The summed E-state index contributed by atoms with van der Waals surface area (Å²) >= 11 is 0. The second kappa shape index (κ2) is 8.00. The van der Waals surface area contributed by atoms with Gasteiger partial charge in [0, 0.05) is 6.54 Å². The normalized spacial score (nSPS) is 16.4. The van der Waals surface area contributed by atoms with Gasteiger partial charge in [-0.15, -0.1) is 0 Å². The SMILES string of the molecule is Cc1ccc(CCCNC(=O)C2CN(S(C)(=O)=O)c3ccccc3O2)cc1. The van der Waals surface area contributed by atoms with Gasteiger partial charge in [-0.2, -0.15) is 0 Å². The standard InChI is InChI=1S/C20H24N2O4S/c1-15-9-11-16(12-10-15)6-5-13-21-20(23)19-14-22(27(2,24)25)17-7-3-4-8-18(17)26-19/h3-4,7-12,19H,5-6,13-14H2,1-2H3,(H,21,23). The molecule has 0 fully saturated rings. The van der Waals surface area contributed by atoms with E-state index in [4.69, 9.17) is 4.74 Å². The van der Waals surface area contributed by atoms with Crippen LogP contribution in [0.5, 0.6) is 5.75 Å². The molecule has 1 N–H and O–H groups in total. The summed E-state index contributed by atoms with van der Waals surface area (Å²) in [7, 11) is -3.50. The number of carbonyl (C=O) groups excluding carboxylic acids is 1. The Morgan fingerprint density at radius 1 is 1.19 bits per heavy atom. The van der Waals surface area contributed by atoms with Crippen molar-refractivity contribution in [2.75, 3.05) is 23.7 Å². The van der Waals surface area contributed by atoms with E-state index in [0.29, 0.717) is 18.0 Å². The predicted octanol–water partition coefficient (Wildman–Crippen LogP) is 2.27. The number of nitrogens with one attached hydrogen (secondary N) is 1. The molecule has 2 aromatic rings. The maximum Gasteiger partial charge on any atom is 0.263 e. The molecule has 6 nitrogen and oxygen atoms in total. The molecular weight excluding hydrogens is 364 g/mol. The third-order valence-corrected chi connectivity index (χ3v) is 5.64. The highest BCUT2D eigenvalue weighted by Gasteiger charge is 2.34. The molecule has 0 bridgehead atoms. The van der Waals surface area contributed by atoms with Crippen LogP contribution in [0, 0.1) is 6.92 Å². The Hall–Kier alpha value is -2.54. The largest absolute Gasteiger partial charge is 0.476 e. The van der Waals surface area contributed by atoms with Crippen LogP contribution in [0.3, 0.4) is 0 Å². The lowest BCUT2D eigenvalue weighted by Gasteiger charge is -2.33. The molecule has 27 heavy (non-hydrogen) atoms. The molecule has 0 saturated heterocycles. The fraction of sp³-hybridized carbons (Fsp3) is 0.350. The summed E-state index contributed by atoms with van der Waals surface area (Å²) in [4.78, 5) is 12.5. The van der Waals surface area contributed by atoms with Gasteiger partial charge in [0.1, 0.15) is 5.75 Å². The Kier molecular flexibility index (Phi) is 5.70. The van der Waals surface area contributed by atoms with Gasteiger partial charge in [-0.05, 0) is 37.5 Å². The van der Waals surface area contributed by atoms with E-state index in [2.05, 4.69) is 29.6 Å². The van der Waals surface area contributed by atoms with Gasteiger partial charge in [-0.1, -0.05) is 42.0 Å². The van der Waals surface area contributed by atoms with Crippen LogP contribution in [0.2, 0.25) is 0 Å². The van der Waals surface area contributed by atoms with Gasteiger partial charge in [0.2, 0.25) is 10.0 Å². The third-order valence-electron chi connectivity index (χ3n) is 4.49. The van der Waals surface area contributed by atoms with Crippen LogP contribution in [0.4, 0.5) is 5.69 Å². The zero-order chi connectivity index (χ0) is 19.4. The third kappa shape index (κ3) is 4.80. The second-order valence-electron chi connectivity index (χ2n) is 6.75. The number of nitrogens with zero attached hydrogens (tertiary/aromatic N) is 1. The minimum absolute atomic E-state index is 0.0281. The van der Waals surface area contributed by atoms with E-state index in [1.54, 1.807) is 24.3 Å². The number of para-hydroxylation sites is 2. The highest BCUT2D eigenvalue weighted by atomic mass is 32.2. The molecule has 0 radical (unpaired) electrons. The van der Waals surface area contributed by atoms with Gasteiger partial charge in [0.15, 0.2) is 6.10 Å². The van der Waals surface area contributed by atoms with E-state index in [1.807, 2.05) is 6.92 Å². The maximum atomic E-state index is 12.5. The van der Waals surface area contributed by atoms with E-state index >= 15 is 0 Å². The van der Waals surface area contributed by atoms with E-state index in [-0.39, 0.29) is 12.5 Å². The summed E-state index contributed by atoms with van der Waals surface area (Å²) in [6.45, 7) is 2.53. The number of anilines is 1. The van der Waals surface area contributed by atoms with Crippen molar-refractivity contribution in [1.29, 1.82) is 0 Å². The smallest absolute Gasteiger partial charge is 0.263 e. The molecule has 3 rings (SSSR count). The van der Waals surface area contributed by atoms with Crippen LogP contribution in [-0.2, 0) is 21.2 Å². The number of fused-ring (bicyclic) bond motifs is 1. The molecule has 144 valence electrons. The van der Waals surface area contributed by atoms with Crippen molar-refractivity contribution < 1.29 is 17.9 Å². The Bertz CT molecular complexity index is 910. The number of ether oxygens (including phenoxy) is 1. The van der Waals surface area contributed by atoms with Gasteiger partial charge in [0.25, 0.3) is 5.91 Å². The molecule has 0 saturated carbocycles. The lowest BCUT2D eigenvalue weighted by Crippen LogP contribution is -2.50. The van der Waals surface area contributed by atoms with Crippen LogP contribution < -0.4 is 14.4 Å². The summed E-state index contributed by atoms with van der Waals surface area (Å²) in [6.07, 6.45) is 1.93. The van der Waals surface area contributed by atoms with Crippen LogP contribution >= 0.6 is 0 Å². The van der Waals surface area contributed by atoms with Crippen molar-refractivity contribution in [1.82, 2.24) is 5.32 Å². The molecule has 1 amide bonds. The molecule has 1 aliphatic heterocycles. The molecule has 2 aromatic carbocycles. The molecule has 0 aliphatic carbocycles. The highest BCUT2D eigenvalue weighted by Crippen LogP contribution is 2.34. The number of carbonyl (C=O) groups is 1. The zero-order valence-electron chi connectivity index (χ0n) is 15.5. The van der Waals surface area contributed by atoms with Crippen molar-refractivity contribution in [2.45, 2.75) is 25.9 Å². The van der Waals surface area contributed by atoms with Crippen molar-refractivity contribution in [3.8, 4) is 5.75 Å². The lowest BCUT2D eigenvalue weighted by atomic mass is 10.1. The van der Waals surface area contributed by atoms with Crippen molar-refractivity contribution >= 4 is 21.6 Å². The Morgan fingerprint density at radius 2 is 1.89 bits per heavy atom. The minimum atomic E-state index is -3.50. The Morgan fingerprint density at radius 3 is 2.59 bits per heavy atom. The first-order valence-electron chi connectivity index (χ1n) is 8.91. The van der Waals surface area contributed by atoms with Crippen LogP contribution in [0.25, 0.3) is 0 Å². The molecule has 7 heteroatoms. The first-order valence-corrected chi connectivity index (χ1v) is 10.8. The molecule has 1 heterocycles. The number of amides is 1. The number of hydrogen-bond acceptors (Lipinski definition) is 4. The first-order chi connectivity index (χ1) is 12.8. The molecule has 1 aliphatic rings. The minimum Gasteiger partial charge on any atom is -0.476 e. The lowest BCUT2D eigenvalue weighted by molar-refractivity contribution is -0.127. The van der Waals surface area contributed by atoms with Crippen molar-refractivity contribution in [3.63, 3.8) is 0 Å². The van der Waals surface area contributed by atoms with E-state index in [1.165, 1.54) is 15.4 Å². The summed E-state index contributed by atoms with van der Waals surface area (Å²) in [5.74, 6) is 0.0936. The summed E-state index contributed by atoms with van der Waals surface area (Å²) in [6, 6.07) is 15.1. The van der Waals surface area contributed by atoms with Gasteiger partial charge in [0.05, 0.1) is 18.5 Å². The Balaban J connectivity index is 1.58. The number of rotatable bonds is 6. The number of hydrogen-bond donors (Lipinski definition) is 1. The van der Waals surface area contributed by atoms with Gasteiger partial charge < -0.3 is 10.1 Å². The van der Waals surface area contributed by atoms with E-state index in [9.17, 15) is 13.2 Å². The second-order valence-corrected chi connectivity index (χ2v) is 8.66. The molecule has 1 unspecified atom stereocenters. The average Bonchev–Trinajstić information content (AvgIpc) is 2.64. The summed E-state index contributed by atoms with van der Waals surface area (Å²) < 4.78 is 31.1.